The second kappa shape index (κ2) is 8.37. The minimum Gasteiger partial charge on any atom is -0.327 e. The van der Waals surface area contributed by atoms with Gasteiger partial charge in [0.2, 0.25) is 0 Å². The van der Waals surface area contributed by atoms with Crippen molar-refractivity contribution in [2.24, 2.45) is 14.1 Å². The summed E-state index contributed by atoms with van der Waals surface area (Å²) >= 11 is 0. The summed E-state index contributed by atoms with van der Waals surface area (Å²) < 4.78 is 4.32. The van der Waals surface area contributed by atoms with Crippen LogP contribution in [0.3, 0.4) is 0 Å². The van der Waals surface area contributed by atoms with Crippen molar-refractivity contribution in [1.82, 2.24) is 39.0 Å². The molecule has 42 heavy (non-hydrogen) atoms. The van der Waals surface area contributed by atoms with Crippen LogP contribution in [0.5, 0.6) is 0 Å². The Balaban J connectivity index is 1.24. The summed E-state index contributed by atoms with van der Waals surface area (Å²) in [6.45, 7) is 0. The van der Waals surface area contributed by atoms with E-state index >= 15 is 0 Å². The molecule has 0 radical (unpaired) electrons. The number of hydrogen-bond acceptors (Lipinski definition) is 6. The molecule has 0 amide bonds. The molecular formula is C34H22N8. The van der Waals surface area contributed by atoms with E-state index < -0.39 is 0 Å². The van der Waals surface area contributed by atoms with Crippen LogP contribution < -0.4 is 0 Å². The topological polar surface area (TPSA) is 87.2 Å². The van der Waals surface area contributed by atoms with Gasteiger partial charge in [0.25, 0.3) is 0 Å². The molecule has 6 aromatic heterocycles. The molecule has 0 saturated heterocycles. The zero-order chi connectivity index (χ0) is 27.9. The normalized spacial score (nSPS) is 12.0. The van der Waals surface area contributed by atoms with E-state index in [1.807, 2.05) is 49.1 Å². The summed E-state index contributed by atoms with van der Waals surface area (Å²) in [5, 5.41) is 4.08. The van der Waals surface area contributed by atoms with Crippen LogP contribution in [-0.2, 0) is 14.1 Å². The van der Waals surface area contributed by atoms with Crippen molar-refractivity contribution in [3.05, 3.63) is 97.6 Å². The Labute approximate surface area is 239 Å². The molecular weight excluding hydrogens is 520 g/mol. The van der Waals surface area contributed by atoms with Crippen LogP contribution in [0.2, 0.25) is 0 Å². The first-order valence-electron chi connectivity index (χ1n) is 13.8. The molecule has 0 N–H and O–H groups in total. The highest BCUT2D eigenvalue weighted by atomic mass is 15.1. The summed E-state index contributed by atoms with van der Waals surface area (Å²) in [5.41, 5.74) is 9.51. The third kappa shape index (κ3) is 3.00. The first-order chi connectivity index (χ1) is 20.7. The first kappa shape index (κ1) is 23.0. The van der Waals surface area contributed by atoms with E-state index in [2.05, 4.69) is 91.7 Å². The fourth-order valence-electron chi connectivity index (χ4n) is 6.41. The molecule has 0 saturated carbocycles. The van der Waals surface area contributed by atoms with Crippen LogP contribution in [0.4, 0.5) is 0 Å². The molecule has 198 valence electrons. The van der Waals surface area contributed by atoms with Crippen molar-refractivity contribution in [2.75, 3.05) is 0 Å². The third-order valence-electron chi connectivity index (χ3n) is 8.29. The highest BCUT2D eigenvalue weighted by Crippen LogP contribution is 2.37. The second-order valence-electron chi connectivity index (χ2n) is 10.6. The third-order valence-corrected chi connectivity index (χ3v) is 8.29. The van der Waals surface area contributed by atoms with Gasteiger partial charge in [0, 0.05) is 71.6 Å². The predicted molar refractivity (Wildman–Crippen MR) is 167 cm³/mol. The molecule has 9 rings (SSSR count). The van der Waals surface area contributed by atoms with E-state index in [1.165, 1.54) is 0 Å². The van der Waals surface area contributed by atoms with Gasteiger partial charge in [-0.15, -0.1) is 0 Å². The molecule has 9 aromatic rings. The van der Waals surface area contributed by atoms with E-state index in [-0.39, 0.29) is 0 Å². The Kier molecular flexibility index (Phi) is 4.58. The number of fused-ring (bicyclic) bond motifs is 12. The number of aryl methyl sites for hydroxylation is 2. The maximum Gasteiger partial charge on any atom is 0.140 e. The monoisotopic (exact) mass is 542 g/mol. The Morgan fingerprint density at radius 2 is 0.738 bits per heavy atom. The highest BCUT2D eigenvalue weighted by molar-refractivity contribution is 6.22. The number of rotatable bonds is 2. The SMILES string of the molecule is Cn1c(-c2ccc(-c3nc4c5cccnc5c5ncccc5c4n3C)cc2)nc2c3cccnc3c3ncccc3c21. The number of imidazole rings is 2. The predicted octanol–water partition coefficient (Wildman–Crippen LogP) is 6.99. The maximum atomic E-state index is 5.14. The van der Waals surface area contributed by atoms with E-state index in [0.29, 0.717) is 0 Å². The lowest BCUT2D eigenvalue weighted by atomic mass is 10.1. The molecule has 8 heteroatoms. The number of pyridine rings is 4. The molecule has 0 unspecified atom stereocenters. The summed E-state index contributed by atoms with van der Waals surface area (Å²) in [6.07, 6.45) is 7.25. The van der Waals surface area contributed by atoms with Gasteiger partial charge in [0.05, 0.1) is 44.1 Å². The smallest absolute Gasteiger partial charge is 0.140 e. The Morgan fingerprint density at radius 1 is 0.405 bits per heavy atom. The average Bonchev–Trinajstić information content (AvgIpc) is 3.59. The van der Waals surface area contributed by atoms with Crippen LogP contribution >= 0.6 is 0 Å². The highest BCUT2D eigenvalue weighted by Gasteiger charge is 2.20. The van der Waals surface area contributed by atoms with Crippen LogP contribution in [-0.4, -0.2) is 39.0 Å². The van der Waals surface area contributed by atoms with Gasteiger partial charge >= 0.3 is 0 Å². The van der Waals surface area contributed by atoms with Crippen molar-refractivity contribution >= 4 is 65.7 Å². The van der Waals surface area contributed by atoms with Crippen LogP contribution in [0.1, 0.15) is 0 Å². The number of nitrogens with zero attached hydrogens (tertiary/aromatic N) is 8. The lowest BCUT2D eigenvalue weighted by molar-refractivity contribution is 0.959. The quantitative estimate of drug-likeness (QED) is 0.219. The molecule has 8 nitrogen and oxygen atoms in total. The van der Waals surface area contributed by atoms with Crippen molar-refractivity contribution in [2.45, 2.75) is 0 Å². The molecule has 0 aliphatic rings. The van der Waals surface area contributed by atoms with Gasteiger partial charge in [-0.3, -0.25) is 19.9 Å². The molecule has 0 atom stereocenters. The van der Waals surface area contributed by atoms with Gasteiger partial charge in [-0.25, -0.2) is 9.97 Å². The van der Waals surface area contributed by atoms with E-state index in [9.17, 15) is 0 Å². The average molecular weight is 543 g/mol. The molecule has 3 aromatic carbocycles. The molecule has 0 fully saturated rings. The Bertz CT molecular complexity index is 2360. The zero-order valence-corrected chi connectivity index (χ0v) is 22.8. The number of aromatic nitrogens is 8. The summed E-state index contributed by atoms with van der Waals surface area (Å²) in [4.78, 5) is 28.9. The van der Waals surface area contributed by atoms with Gasteiger partial charge in [-0.2, -0.15) is 0 Å². The minimum absolute atomic E-state index is 0.868. The summed E-state index contributed by atoms with van der Waals surface area (Å²) in [6, 6.07) is 24.7. The van der Waals surface area contributed by atoms with Gasteiger partial charge in [0.1, 0.15) is 11.6 Å². The fraction of sp³-hybridized carbons (Fsp3) is 0.0588. The standard InChI is InChI=1S/C34H22N8/c1-41-31-23-9-5-17-37-27(23)25-21(7-3-15-35-25)29(31)39-33(41)19-11-13-20(14-12-19)34-40-30-22-8-4-16-36-26(22)28-24(10-6-18-38-28)32(30)42(34)2/h3-18H,1-2H3. The van der Waals surface area contributed by atoms with Gasteiger partial charge in [0.15, 0.2) is 0 Å². The van der Waals surface area contributed by atoms with E-state index in [1.54, 1.807) is 0 Å². The Hall–Kier alpha value is -5.76. The summed E-state index contributed by atoms with van der Waals surface area (Å²) in [7, 11) is 4.13. The molecule has 0 aliphatic heterocycles. The van der Waals surface area contributed by atoms with Crippen molar-refractivity contribution in [1.29, 1.82) is 0 Å². The lowest BCUT2D eigenvalue weighted by Crippen LogP contribution is -1.95. The first-order valence-corrected chi connectivity index (χ1v) is 13.8. The second-order valence-corrected chi connectivity index (χ2v) is 10.6. The minimum atomic E-state index is 0.868. The van der Waals surface area contributed by atoms with Crippen molar-refractivity contribution in [3.8, 4) is 22.8 Å². The fourth-order valence-corrected chi connectivity index (χ4v) is 6.41. The zero-order valence-electron chi connectivity index (χ0n) is 22.8. The summed E-state index contributed by atoms with van der Waals surface area (Å²) in [5.74, 6) is 1.77. The molecule has 0 spiro atoms. The number of benzene rings is 3. The van der Waals surface area contributed by atoms with E-state index in [4.69, 9.17) is 9.97 Å². The molecule has 0 aliphatic carbocycles. The number of hydrogen-bond donors (Lipinski definition) is 0. The van der Waals surface area contributed by atoms with Crippen molar-refractivity contribution < 1.29 is 0 Å². The van der Waals surface area contributed by atoms with Crippen LogP contribution in [0.15, 0.2) is 97.6 Å². The van der Waals surface area contributed by atoms with Crippen LogP contribution in [0, 0.1) is 0 Å². The largest absolute Gasteiger partial charge is 0.327 e. The molecule has 6 heterocycles. The maximum absolute atomic E-state index is 5.14. The van der Waals surface area contributed by atoms with Gasteiger partial charge < -0.3 is 9.13 Å². The lowest BCUT2D eigenvalue weighted by Gasteiger charge is -2.08. The Morgan fingerprint density at radius 3 is 1.12 bits per heavy atom. The van der Waals surface area contributed by atoms with Crippen molar-refractivity contribution in [3.63, 3.8) is 0 Å². The van der Waals surface area contributed by atoms with Gasteiger partial charge in [-0.1, -0.05) is 24.3 Å². The van der Waals surface area contributed by atoms with E-state index in [0.717, 1.165) is 88.5 Å². The molecule has 0 bridgehead atoms. The van der Waals surface area contributed by atoms with Gasteiger partial charge in [-0.05, 0) is 48.5 Å². The van der Waals surface area contributed by atoms with Crippen LogP contribution in [0.25, 0.3) is 88.5 Å².